The lowest BCUT2D eigenvalue weighted by atomic mass is 10.1. The van der Waals surface area contributed by atoms with Crippen molar-refractivity contribution in [2.75, 3.05) is 23.8 Å². The Bertz CT molecular complexity index is 1850. The maximum atomic E-state index is 12.4. The number of hydrogen-bond acceptors (Lipinski definition) is 8. The zero-order valence-electron chi connectivity index (χ0n) is 22.5. The molecule has 0 aliphatic heterocycles. The number of nitrogens with zero attached hydrogens (tertiary/aromatic N) is 5. The van der Waals surface area contributed by atoms with Gasteiger partial charge in [-0.3, -0.25) is 14.5 Å². The molecule has 0 saturated carbocycles. The number of benzene rings is 3. The Hall–Kier alpha value is -5.51. The Kier molecular flexibility index (Phi) is 7.10. The number of nitrogens with one attached hydrogen (secondary N) is 2. The van der Waals surface area contributed by atoms with E-state index < -0.39 is 0 Å². The molecule has 0 fully saturated rings. The van der Waals surface area contributed by atoms with Gasteiger partial charge in [0, 0.05) is 35.3 Å². The summed E-state index contributed by atoms with van der Waals surface area (Å²) in [5.74, 6) is 2.12. The van der Waals surface area contributed by atoms with E-state index in [2.05, 4.69) is 20.7 Å². The molecule has 10 heteroatoms. The molecule has 0 atom stereocenters. The predicted octanol–water partition coefficient (Wildman–Crippen LogP) is 5.74. The number of carbonyl (C=O) groups is 1. The van der Waals surface area contributed by atoms with Crippen LogP contribution in [0.15, 0.2) is 91.4 Å². The molecular weight excluding hydrogens is 518 g/mol. The highest BCUT2D eigenvalue weighted by molar-refractivity contribution is 5.94. The van der Waals surface area contributed by atoms with Gasteiger partial charge >= 0.3 is 0 Å². The number of hydrogen-bond donors (Lipinski definition) is 2. The van der Waals surface area contributed by atoms with Gasteiger partial charge in [-0.05, 0) is 67.6 Å². The van der Waals surface area contributed by atoms with Crippen LogP contribution >= 0.6 is 0 Å². The zero-order valence-corrected chi connectivity index (χ0v) is 22.5. The number of aromatic nitrogens is 5. The van der Waals surface area contributed by atoms with Crippen LogP contribution in [0.1, 0.15) is 6.92 Å². The van der Waals surface area contributed by atoms with Gasteiger partial charge in [0.15, 0.2) is 12.4 Å². The van der Waals surface area contributed by atoms with Crippen molar-refractivity contribution in [2.24, 2.45) is 7.05 Å². The maximum absolute atomic E-state index is 12.4. The molecular formula is C31H27N7O3. The summed E-state index contributed by atoms with van der Waals surface area (Å²) in [6.07, 6.45) is 5.05. The van der Waals surface area contributed by atoms with Gasteiger partial charge in [0.2, 0.25) is 0 Å². The standard InChI is InChI=1S/C31H27N7O3/c1-3-40-25-10-11-27-26(16-25)31(35-22-9-12-28-21(14-22)17-33-38(28)2)37-30(36-27)20-6-4-8-24(15-20)41-19-29(39)34-23-7-5-13-32-18-23/h4-18H,3,19H2,1-2H3,(H,34,39)(H,35,36,37). The molecule has 6 aromatic rings. The Labute approximate surface area is 236 Å². The second kappa shape index (κ2) is 11.3. The minimum atomic E-state index is -0.285. The van der Waals surface area contributed by atoms with E-state index in [1.807, 2.05) is 79.4 Å². The normalized spacial score (nSPS) is 11.0. The Morgan fingerprint density at radius 3 is 2.66 bits per heavy atom. The summed E-state index contributed by atoms with van der Waals surface area (Å²) in [7, 11) is 1.92. The van der Waals surface area contributed by atoms with Gasteiger partial charge < -0.3 is 20.1 Å². The molecule has 0 aliphatic rings. The van der Waals surface area contributed by atoms with Crippen LogP contribution in [0.4, 0.5) is 17.2 Å². The quantitative estimate of drug-likeness (QED) is 0.236. The van der Waals surface area contributed by atoms with Crippen LogP contribution in [0.5, 0.6) is 11.5 Å². The van der Waals surface area contributed by atoms with Gasteiger partial charge in [-0.2, -0.15) is 5.10 Å². The lowest BCUT2D eigenvalue weighted by Crippen LogP contribution is -2.20. The first-order valence-corrected chi connectivity index (χ1v) is 13.1. The summed E-state index contributed by atoms with van der Waals surface area (Å²) in [6, 6.07) is 22.7. The molecule has 41 heavy (non-hydrogen) atoms. The largest absolute Gasteiger partial charge is 0.494 e. The Morgan fingerprint density at radius 2 is 1.80 bits per heavy atom. The molecule has 0 aliphatic carbocycles. The van der Waals surface area contributed by atoms with E-state index in [1.54, 1.807) is 30.6 Å². The van der Waals surface area contributed by atoms with Crippen LogP contribution in [0.25, 0.3) is 33.2 Å². The molecule has 0 bridgehead atoms. The summed E-state index contributed by atoms with van der Waals surface area (Å²) < 4.78 is 13.4. The molecule has 10 nitrogen and oxygen atoms in total. The number of carbonyl (C=O) groups excluding carboxylic acids is 1. The number of rotatable bonds is 9. The molecule has 6 rings (SSSR count). The average molecular weight is 546 g/mol. The van der Waals surface area contributed by atoms with Crippen molar-refractivity contribution in [2.45, 2.75) is 6.92 Å². The maximum Gasteiger partial charge on any atom is 0.262 e. The summed E-state index contributed by atoms with van der Waals surface area (Å²) in [4.78, 5) is 26.1. The van der Waals surface area contributed by atoms with E-state index in [4.69, 9.17) is 19.4 Å². The minimum Gasteiger partial charge on any atom is -0.494 e. The highest BCUT2D eigenvalue weighted by atomic mass is 16.5. The monoisotopic (exact) mass is 545 g/mol. The van der Waals surface area contributed by atoms with E-state index in [9.17, 15) is 4.79 Å². The highest BCUT2D eigenvalue weighted by Crippen LogP contribution is 2.32. The molecule has 3 heterocycles. The average Bonchev–Trinajstić information content (AvgIpc) is 3.36. The van der Waals surface area contributed by atoms with Crippen LogP contribution < -0.4 is 20.1 Å². The summed E-state index contributed by atoms with van der Waals surface area (Å²) in [5.41, 5.74) is 4.01. The second-order valence-corrected chi connectivity index (χ2v) is 9.28. The fourth-order valence-corrected chi connectivity index (χ4v) is 4.47. The van der Waals surface area contributed by atoms with Crippen molar-refractivity contribution in [1.29, 1.82) is 0 Å². The lowest BCUT2D eigenvalue weighted by molar-refractivity contribution is -0.118. The third-order valence-corrected chi connectivity index (χ3v) is 6.39. The van der Waals surface area contributed by atoms with Gasteiger partial charge in [0.1, 0.15) is 17.3 Å². The van der Waals surface area contributed by atoms with Crippen LogP contribution in [0.3, 0.4) is 0 Å². The molecule has 0 unspecified atom stereocenters. The first-order valence-electron chi connectivity index (χ1n) is 13.1. The van der Waals surface area contributed by atoms with Gasteiger partial charge in [-0.15, -0.1) is 0 Å². The molecule has 0 spiro atoms. The Balaban J connectivity index is 1.30. The van der Waals surface area contributed by atoms with Crippen LogP contribution in [0, 0.1) is 0 Å². The van der Waals surface area contributed by atoms with Gasteiger partial charge in [-0.25, -0.2) is 9.97 Å². The molecule has 3 aromatic carbocycles. The van der Waals surface area contributed by atoms with E-state index in [1.165, 1.54) is 0 Å². The SMILES string of the molecule is CCOc1ccc2nc(-c3cccc(OCC(=O)Nc4cccnc4)c3)nc(Nc3ccc4c(cnn4C)c3)c2c1. The third kappa shape index (κ3) is 5.76. The topological polar surface area (TPSA) is 116 Å². The van der Waals surface area contributed by atoms with Crippen molar-refractivity contribution in [3.8, 4) is 22.9 Å². The lowest BCUT2D eigenvalue weighted by Gasteiger charge is -2.13. The van der Waals surface area contributed by atoms with Crippen molar-refractivity contribution < 1.29 is 14.3 Å². The van der Waals surface area contributed by atoms with E-state index in [0.717, 1.165) is 38.8 Å². The zero-order chi connectivity index (χ0) is 28.2. The first-order chi connectivity index (χ1) is 20.1. The fraction of sp³-hybridized carbons (Fsp3) is 0.129. The fourth-order valence-electron chi connectivity index (χ4n) is 4.47. The third-order valence-electron chi connectivity index (χ3n) is 6.39. The number of fused-ring (bicyclic) bond motifs is 2. The molecule has 204 valence electrons. The van der Waals surface area contributed by atoms with Crippen LogP contribution in [0.2, 0.25) is 0 Å². The van der Waals surface area contributed by atoms with Crippen molar-refractivity contribution in [1.82, 2.24) is 24.7 Å². The smallest absolute Gasteiger partial charge is 0.262 e. The summed E-state index contributed by atoms with van der Waals surface area (Å²) >= 11 is 0. The molecule has 2 N–H and O–H groups in total. The van der Waals surface area contributed by atoms with E-state index >= 15 is 0 Å². The number of pyridine rings is 1. The molecule has 1 amide bonds. The van der Waals surface area contributed by atoms with Crippen LogP contribution in [-0.4, -0.2) is 43.9 Å². The first kappa shape index (κ1) is 25.8. The number of anilines is 3. The second-order valence-electron chi connectivity index (χ2n) is 9.28. The summed E-state index contributed by atoms with van der Waals surface area (Å²) in [5, 5.41) is 12.4. The highest BCUT2D eigenvalue weighted by Gasteiger charge is 2.13. The minimum absolute atomic E-state index is 0.152. The molecule has 3 aromatic heterocycles. The predicted molar refractivity (Wildman–Crippen MR) is 159 cm³/mol. The Morgan fingerprint density at radius 1 is 0.902 bits per heavy atom. The van der Waals surface area contributed by atoms with E-state index in [0.29, 0.717) is 29.7 Å². The van der Waals surface area contributed by atoms with Gasteiger partial charge in [0.25, 0.3) is 5.91 Å². The van der Waals surface area contributed by atoms with Crippen molar-refractivity contribution in [3.05, 3.63) is 91.4 Å². The van der Waals surface area contributed by atoms with Gasteiger partial charge in [-0.1, -0.05) is 12.1 Å². The van der Waals surface area contributed by atoms with E-state index in [-0.39, 0.29) is 12.5 Å². The van der Waals surface area contributed by atoms with Crippen molar-refractivity contribution in [3.63, 3.8) is 0 Å². The van der Waals surface area contributed by atoms with Crippen molar-refractivity contribution >= 4 is 44.9 Å². The molecule has 0 saturated heterocycles. The number of ether oxygens (including phenoxy) is 2. The van der Waals surface area contributed by atoms with Crippen LogP contribution in [-0.2, 0) is 11.8 Å². The molecule has 0 radical (unpaired) electrons. The number of aryl methyl sites for hydroxylation is 1. The number of amides is 1. The summed E-state index contributed by atoms with van der Waals surface area (Å²) in [6.45, 7) is 2.35. The van der Waals surface area contributed by atoms with Gasteiger partial charge in [0.05, 0.1) is 35.7 Å².